The molecular weight excluding hydrogens is 474 g/mol. The van der Waals surface area contributed by atoms with Gasteiger partial charge in [0.1, 0.15) is 0 Å². The largest absolute Gasteiger partial charge is 0.383 e. The lowest BCUT2D eigenvalue weighted by molar-refractivity contribution is 0.0979. The normalized spacial score (nSPS) is 17.2. The molecule has 3 aromatic rings. The Morgan fingerprint density at radius 1 is 1.26 bits per heavy atom. The van der Waals surface area contributed by atoms with Gasteiger partial charge in [0.05, 0.1) is 27.8 Å². The van der Waals surface area contributed by atoms with E-state index in [0.29, 0.717) is 36.7 Å². The van der Waals surface area contributed by atoms with Crippen LogP contribution in [0.15, 0.2) is 52.4 Å². The second-order valence-corrected chi connectivity index (χ2v) is 11.4. The number of amides is 1. The number of hydrogen-bond acceptors (Lipinski definition) is 6. The van der Waals surface area contributed by atoms with Gasteiger partial charge in [-0.2, -0.15) is 9.30 Å². The molecule has 0 radical (unpaired) electrons. The number of sulfonamides is 1. The first-order chi connectivity index (χ1) is 16.3. The van der Waals surface area contributed by atoms with E-state index in [4.69, 9.17) is 9.47 Å². The molecule has 182 valence electrons. The fourth-order valence-corrected chi connectivity index (χ4v) is 6.29. The van der Waals surface area contributed by atoms with Crippen molar-refractivity contribution in [3.8, 4) is 0 Å². The van der Waals surface area contributed by atoms with Crippen LogP contribution in [0, 0.1) is 6.92 Å². The van der Waals surface area contributed by atoms with E-state index in [1.165, 1.54) is 39.9 Å². The summed E-state index contributed by atoms with van der Waals surface area (Å²) in [5.74, 6) is -0.425. The van der Waals surface area contributed by atoms with Crippen molar-refractivity contribution in [3.05, 3.63) is 58.4 Å². The van der Waals surface area contributed by atoms with E-state index in [9.17, 15) is 13.2 Å². The zero-order valence-electron chi connectivity index (χ0n) is 19.6. The SMILES string of the molecule is COCCn1c(=NC(=O)c2ccc(S(=O)(=O)N(C)CC3CCCO3)cc2)sc2cc(C)ccc21. The summed E-state index contributed by atoms with van der Waals surface area (Å²) in [4.78, 5) is 18.0. The summed E-state index contributed by atoms with van der Waals surface area (Å²) in [6, 6.07) is 12.0. The first kappa shape index (κ1) is 24.7. The first-order valence-corrected chi connectivity index (χ1v) is 13.4. The van der Waals surface area contributed by atoms with E-state index in [1.807, 2.05) is 23.6 Å². The smallest absolute Gasteiger partial charge is 0.279 e. The number of rotatable bonds is 8. The average Bonchev–Trinajstić information content (AvgIpc) is 3.44. The fraction of sp³-hybridized carbons (Fsp3) is 0.417. The van der Waals surface area contributed by atoms with E-state index in [0.717, 1.165) is 28.6 Å². The van der Waals surface area contributed by atoms with Crippen LogP contribution < -0.4 is 4.80 Å². The highest BCUT2D eigenvalue weighted by Gasteiger charge is 2.26. The number of nitrogens with zero attached hydrogens (tertiary/aromatic N) is 3. The number of fused-ring (bicyclic) bond motifs is 1. The predicted octanol–water partition coefficient (Wildman–Crippen LogP) is 3.20. The number of carbonyl (C=O) groups excluding carboxylic acids is 1. The van der Waals surface area contributed by atoms with Crippen molar-refractivity contribution in [1.82, 2.24) is 8.87 Å². The van der Waals surface area contributed by atoms with Gasteiger partial charge in [-0.3, -0.25) is 4.79 Å². The van der Waals surface area contributed by atoms with Gasteiger partial charge in [0.2, 0.25) is 10.0 Å². The van der Waals surface area contributed by atoms with Crippen LogP contribution in [0.1, 0.15) is 28.8 Å². The molecule has 0 aliphatic carbocycles. The molecule has 1 atom stereocenters. The summed E-state index contributed by atoms with van der Waals surface area (Å²) in [5, 5.41) is 0. The highest BCUT2D eigenvalue weighted by Crippen LogP contribution is 2.21. The Morgan fingerprint density at radius 2 is 2.03 bits per heavy atom. The minimum atomic E-state index is -3.67. The number of methoxy groups -OCH3 is 1. The van der Waals surface area contributed by atoms with Crippen molar-refractivity contribution >= 4 is 37.5 Å². The molecule has 1 unspecified atom stereocenters. The maximum Gasteiger partial charge on any atom is 0.279 e. The first-order valence-electron chi connectivity index (χ1n) is 11.2. The number of aryl methyl sites for hydroxylation is 1. The lowest BCUT2D eigenvalue weighted by Crippen LogP contribution is -2.34. The number of benzene rings is 2. The summed E-state index contributed by atoms with van der Waals surface area (Å²) < 4.78 is 40.9. The van der Waals surface area contributed by atoms with Crippen molar-refractivity contribution in [1.29, 1.82) is 0 Å². The van der Waals surface area contributed by atoms with Crippen molar-refractivity contribution in [2.75, 3.05) is 33.9 Å². The second kappa shape index (κ2) is 10.5. The van der Waals surface area contributed by atoms with E-state index in [1.54, 1.807) is 14.2 Å². The van der Waals surface area contributed by atoms with Gasteiger partial charge in [-0.25, -0.2) is 8.42 Å². The fourth-order valence-electron chi connectivity index (χ4n) is 3.94. The highest BCUT2D eigenvalue weighted by atomic mass is 32.2. The molecule has 10 heteroatoms. The molecule has 1 fully saturated rings. The number of ether oxygens (including phenoxy) is 2. The predicted molar refractivity (Wildman–Crippen MR) is 132 cm³/mol. The standard InChI is InChI=1S/C24H29N3O5S2/c1-17-6-11-21-22(15-17)33-24(27(21)12-14-31-3)25-23(28)18-7-9-20(10-8-18)34(29,30)26(2)16-19-5-4-13-32-19/h6-11,15,19H,4-5,12-14,16H2,1-3H3. The summed E-state index contributed by atoms with van der Waals surface area (Å²) in [7, 11) is -0.488. The van der Waals surface area contributed by atoms with Crippen LogP contribution in [0.25, 0.3) is 10.2 Å². The number of hydrogen-bond donors (Lipinski definition) is 0. The molecule has 2 heterocycles. The van der Waals surface area contributed by atoms with Gasteiger partial charge in [-0.15, -0.1) is 0 Å². The van der Waals surface area contributed by atoms with Gasteiger partial charge >= 0.3 is 0 Å². The summed E-state index contributed by atoms with van der Waals surface area (Å²) in [6.45, 7) is 4.07. The zero-order valence-corrected chi connectivity index (χ0v) is 21.2. The van der Waals surface area contributed by atoms with Gasteiger partial charge in [0.25, 0.3) is 5.91 Å². The molecule has 1 aliphatic heterocycles. The van der Waals surface area contributed by atoms with Crippen LogP contribution in [0.2, 0.25) is 0 Å². The molecule has 0 N–H and O–H groups in total. The summed E-state index contributed by atoms with van der Waals surface area (Å²) >= 11 is 1.44. The molecule has 8 nitrogen and oxygen atoms in total. The van der Waals surface area contributed by atoms with Gasteiger partial charge in [-0.1, -0.05) is 17.4 Å². The maximum absolute atomic E-state index is 12.9. The van der Waals surface area contributed by atoms with Crippen molar-refractivity contribution < 1.29 is 22.7 Å². The monoisotopic (exact) mass is 503 g/mol. The van der Waals surface area contributed by atoms with Gasteiger partial charge in [0.15, 0.2) is 4.80 Å². The highest BCUT2D eigenvalue weighted by molar-refractivity contribution is 7.89. The lowest BCUT2D eigenvalue weighted by Gasteiger charge is -2.20. The number of thiazole rings is 1. The zero-order chi connectivity index (χ0) is 24.3. The Balaban J connectivity index is 1.58. The van der Waals surface area contributed by atoms with Crippen molar-refractivity contribution in [3.63, 3.8) is 0 Å². The van der Waals surface area contributed by atoms with Crippen LogP contribution in [0.3, 0.4) is 0 Å². The molecule has 4 rings (SSSR count). The molecule has 34 heavy (non-hydrogen) atoms. The van der Waals surface area contributed by atoms with Crippen LogP contribution in [-0.4, -0.2) is 63.2 Å². The molecule has 0 bridgehead atoms. The number of aromatic nitrogens is 1. The second-order valence-electron chi connectivity index (χ2n) is 8.36. The Bertz CT molecular complexity index is 1340. The van der Waals surface area contributed by atoms with E-state index >= 15 is 0 Å². The van der Waals surface area contributed by atoms with E-state index < -0.39 is 15.9 Å². The average molecular weight is 504 g/mol. The Morgan fingerprint density at radius 3 is 2.71 bits per heavy atom. The molecule has 2 aromatic carbocycles. The lowest BCUT2D eigenvalue weighted by atomic mass is 10.2. The van der Waals surface area contributed by atoms with Crippen LogP contribution in [0.5, 0.6) is 0 Å². The topological polar surface area (TPSA) is 90.2 Å². The molecular formula is C24H29N3O5S2. The van der Waals surface area contributed by atoms with Gasteiger partial charge in [-0.05, 0) is 61.7 Å². The Labute approximate surface area is 203 Å². The van der Waals surface area contributed by atoms with Crippen molar-refractivity contribution in [2.45, 2.75) is 37.3 Å². The van der Waals surface area contributed by atoms with Crippen molar-refractivity contribution in [2.24, 2.45) is 4.99 Å². The van der Waals surface area contributed by atoms with Gasteiger partial charge < -0.3 is 14.0 Å². The number of likely N-dealkylation sites (N-methyl/N-ethyl adjacent to an activating group) is 1. The summed E-state index contributed by atoms with van der Waals surface area (Å²) in [5.41, 5.74) is 2.45. The van der Waals surface area contributed by atoms with Crippen LogP contribution in [-0.2, 0) is 26.0 Å². The van der Waals surface area contributed by atoms with E-state index in [-0.39, 0.29) is 11.0 Å². The third-order valence-electron chi connectivity index (χ3n) is 5.85. The molecule has 0 spiro atoms. The molecule has 1 aromatic heterocycles. The quantitative estimate of drug-likeness (QED) is 0.471. The minimum absolute atomic E-state index is 0.0747. The minimum Gasteiger partial charge on any atom is -0.383 e. The number of carbonyl (C=O) groups is 1. The van der Waals surface area contributed by atoms with Crippen LogP contribution in [0.4, 0.5) is 0 Å². The Kier molecular flexibility index (Phi) is 7.63. The third-order valence-corrected chi connectivity index (χ3v) is 8.73. The Hall–Kier alpha value is -2.37. The molecule has 1 aliphatic rings. The molecule has 1 saturated heterocycles. The summed E-state index contributed by atoms with van der Waals surface area (Å²) in [6.07, 6.45) is 1.73. The van der Waals surface area contributed by atoms with Gasteiger partial charge in [0, 0.05) is 39.4 Å². The van der Waals surface area contributed by atoms with E-state index in [2.05, 4.69) is 11.1 Å². The maximum atomic E-state index is 12.9. The third kappa shape index (κ3) is 5.31. The molecule has 1 amide bonds. The molecule has 0 saturated carbocycles. The van der Waals surface area contributed by atoms with Crippen LogP contribution >= 0.6 is 11.3 Å².